The number of hydrogen-bond donors (Lipinski definition) is 3. The van der Waals surface area contributed by atoms with Gasteiger partial charge in [-0.1, -0.05) is 13.8 Å². The summed E-state index contributed by atoms with van der Waals surface area (Å²) < 4.78 is 1.70. The van der Waals surface area contributed by atoms with Crippen LogP contribution in [0, 0.1) is 12.3 Å². The van der Waals surface area contributed by atoms with E-state index in [2.05, 4.69) is 15.7 Å². The number of urea groups is 1. The molecule has 0 aliphatic rings. The third kappa shape index (κ3) is 4.37. The zero-order valence-electron chi connectivity index (χ0n) is 11.4. The topological polar surface area (TPSA) is 79.2 Å². The predicted octanol–water partition coefficient (Wildman–Crippen LogP) is 1.26. The second-order valence-corrected chi connectivity index (χ2v) is 5.24. The Kier molecular flexibility index (Phi) is 4.72. The fourth-order valence-electron chi connectivity index (χ4n) is 1.49. The highest BCUT2D eigenvalue weighted by Gasteiger charge is 2.18. The molecule has 3 N–H and O–H groups in total. The number of carbonyl (C=O) groups excluding carboxylic acids is 1. The Labute approximate surface area is 107 Å². The summed E-state index contributed by atoms with van der Waals surface area (Å²) >= 11 is 0. The average molecular weight is 254 g/mol. The van der Waals surface area contributed by atoms with Gasteiger partial charge in [-0.15, -0.1) is 0 Å². The van der Waals surface area contributed by atoms with E-state index in [9.17, 15) is 4.79 Å². The molecule has 102 valence electrons. The van der Waals surface area contributed by atoms with Crippen molar-refractivity contribution in [2.45, 2.75) is 27.2 Å². The van der Waals surface area contributed by atoms with Gasteiger partial charge in [-0.3, -0.25) is 10.00 Å². The van der Waals surface area contributed by atoms with Crippen molar-refractivity contribution in [2.75, 3.05) is 18.5 Å². The molecule has 6 heteroatoms. The van der Waals surface area contributed by atoms with Crippen molar-refractivity contribution in [1.29, 1.82) is 0 Å². The Morgan fingerprint density at radius 1 is 1.56 bits per heavy atom. The summed E-state index contributed by atoms with van der Waals surface area (Å²) in [6, 6.07) is 1.53. The third-order valence-corrected chi connectivity index (χ3v) is 2.87. The molecule has 0 aliphatic carbocycles. The van der Waals surface area contributed by atoms with Gasteiger partial charge in [0, 0.05) is 32.0 Å². The zero-order valence-corrected chi connectivity index (χ0v) is 11.4. The Hall–Kier alpha value is -1.56. The lowest BCUT2D eigenvalue weighted by molar-refractivity contribution is 0.204. The van der Waals surface area contributed by atoms with E-state index in [0.717, 1.165) is 5.69 Å². The molecular weight excluding hydrogens is 232 g/mol. The molecule has 1 heterocycles. The lowest BCUT2D eigenvalue weighted by Crippen LogP contribution is -2.37. The Bertz CT molecular complexity index is 393. The summed E-state index contributed by atoms with van der Waals surface area (Å²) in [6.07, 6.45) is 0.649. The molecule has 0 atom stereocenters. The summed E-state index contributed by atoms with van der Waals surface area (Å²) in [4.78, 5) is 11.6. The van der Waals surface area contributed by atoms with Crippen LogP contribution in [-0.4, -0.2) is 34.1 Å². The van der Waals surface area contributed by atoms with Gasteiger partial charge in [-0.05, 0) is 18.8 Å². The maximum Gasteiger partial charge on any atom is 0.320 e. The lowest BCUT2D eigenvalue weighted by atomic mass is 9.90. The molecule has 1 aromatic rings. The Morgan fingerprint density at radius 3 is 2.72 bits per heavy atom. The van der Waals surface area contributed by atoms with E-state index in [4.69, 9.17) is 5.11 Å². The van der Waals surface area contributed by atoms with Crippen LogP contribution in [0.25, 0.3) is 0 Å². The molecule has 0 spiro atoms. The maximum atomic E-state index is 11.6. The number of anilines is 1. The Balaban J connectivity index is 2.43. The number of aliphatic hydroxyl groups is 1. The molecule has 6 nitrogen and oxygen atoms in total. The number of hydrogen-bond acceptors (Lipinski definition) is 3. The van der Waals surface area contributed by atoms with Crippen LogP contribution in [0.3, 0.4) is 0 Å². The van der Waals surface area contributed by atoms with Gasteiger partial charge in [-0.25, -0.2) is 4.79 Å². The number of rotatable bonds is 5. The predicted molar refractivity (Wildman–Crippen MR) is 70.5 cm³/mol. The largest absolute Gasteiger partial charge is 0.396 e. The van der Waals surface area contributed by atoms with Crippen LogP contribution < -0.4 is 10.6 Å². The minimum absolute atomic E-state index is 0.119. The van der Waals surface area contributed by atoms with Crippen molar-refractivity contribution in [1.82, 2.24) is 15.1 Å². The number of aryl methyl sites for hydroxylation is 2. The molecule has 18 heavy (non-hydrogen) atoms. The van der Waals surface area contributed by atoms with Crippen LogP contribution in [0.1, 0.15) is 26.0 Å². The highest BCUT2D eigenvalue weighted by molar-refractivity contribution is 5.88. The van der Waals surface area contributed by atoms with Gasteiger partial charge in [0.15, 0.2) is 5.82 Å². The van der Waals surface area contributed by atoms with Crippen LogP contribution in [0.15, 0.2) is 6.07 Å². The Morgan fingerprint density at radius 2 is 2.22 bits per heavy atom. The first kappa shape index (κ1) is 14.5. The van der Waals surface area contributed by atoms with Gasteiger partial charge >= 0.3 is 6.03 Å². The highest BCUT2D eigenvalue weighted by Crippen LogP contribution is 2.17. The van der Waals surface area contributed by atoms with Crippen LogP contribution in [0.2, 0.25) is 0 Å². The van der Waals surface area contributed by atoms with Gasteiger partial charge in [-0.2, -0.15) is 5.10 Å². The lowest BCUT2D eigenvalue weighted by Gasteiger charge is -2.23. The van der Waals surface area contributed by atoms with Gasteiger partial charge in [0.1, 0.15) is 0 Å². The van der Waals surface area contributed by atoms with Crippen molar-refractivity contribution in [2.24, 2.45) is 12.5 Å². The monoisotopic (exact) mass is 254 g/mol. The fourth-order valence-corrected chi connectivity index (χ4v) is 1.49. The molecule has 0 saturated carbocycles. The SMILES string of the molecule is Cc1cc(NC(=O)NCC(C)(C)CCO)nn1C. The van der Waals surface area contributed by atoms with E-state index in [-0.39, 0.29) is 18.1 Å². The van der Waals surface area contributed by atoms with Crippen molar-refractivity contribution in [3.8, 4) is 0 Å². The number of nitrogens with one attached hydrogen (secondary N) is 2. The highest BCUT2D eigenvalue weighted by atomic mass is 16.3. The molecule has 0 saturated heterocycles. The second kappa shape index (κ2) is 5.86. The van der Waals surface area contributed by atoms with E-state index < -0.39 is 0 Å². The van der Waals surface area contributed by atoms with Gasteiger partial charge in [0.25, 0.3) is 0 Å². The first-order valence-corrected chi connectivity index (χ1v) is 6.00. The van der Waals surface area contributed by atoms with Crippen molar-refractivity contribution in [3.63, 3.8) is 0 Å². The normalized spacial score (nSPS) is 11.4. The molecule has 0 bridgehead atoms. The number of amides is 2. The molecule has 0 fully saturated rings. The minimum Gasteiger partial charge on any atom is -0.396 e. The smallest absolute Gasteiger partial charge is 0.320 e. The molecular formula is C12H22N4O2. The molecule has 2 amide bonds. The summed E-state index contributed by atoms with van der Waals surface area (Å²) in [5.41, 5.74) is 0.859. The molecule has 1 aromatic heterocycles. The number of carbonyl (C=O) groups is 1. The van der Waals surface area contributed by atoms with Crippen LogP contribution in [0.4, 0.5) is 10.6 Å². The number of aliphatic hydroxyl groups excluding tert-OH is 1. The summed E-state index contributed by atoms with van der Waals surface area (Å²) in [7, 11) is 1.82. The summed E-state index contributed by atoms with van der Waals surface area (Å²) in [6.45, 7) is 6.53. The quantitative estimate of drug-likeness (QED) is 0.740. The van der Waals surface area contributed by atoms with Crippen molar-refractivity contribution in [3.05, 3.63) is 11.8 Å². The second-order valence-electron chi connectivity index (χ2n) is 5.24. The first-order valence-electron chi connectivity index (χ1n) is 6.00. The molecule has 1 rings (SSSR count). The number of nitrogens with zero attached hydrogens (tertiary/aromatic N) is 2. The van der Waals surface area contributed by atoms with Crippen molar-refractivity contribution >= 4 is 11.8 Å². The van der Waals surface area contributed by atoms with Gasteiger partial charge in [0.2, 0.25) is 0 Å². The van der Waals surface area contributed by atoms with Crippen LogP contribution in [0.5, 0.6) is 0 Å². The van der Waals surface area contributed by atoms with Crippen LogP contribution >= 0.6 is 0 Å². The zero-order chi connectivity index (χ0) is 13.8. The third-order valence-electron chi connectivity index (χ3n) is 2.87. The van der Waals surface area contributed by atoms with Gasteiger partial charge < -0.3 is 10.4 Å². The number of aromatic nitrogens is 2. The molecule has 0 unspecified atom stereocenters. The van der Waals surface area contributed by atoms with Gasteiger partial charge in [0.05, 0.1) is 0 Å². The molecule has 0 aromatic carbocycles. The summed E-state index contributed by atoms with van der Waals surface area (Å²) in [5.74, 6) is 0.535. The van der Waals surface area contributed by atoms with E-state index in [1.165, 1.54) is 0 Å². The van der Waals surface area contributed by atoms with Crippen LogP contribution in [-0.2, 0) is 7.05 Å². The molecule has 0 aliphatic heterocycles. The minimum atomic E-state index is -0.279. The maximum absolute atomic E-state index is 11.6. The average Bonchev–Trinajstić information content (AvgIpc) is 2.55. The first-order chi connectivity index (χ1) is 8.34. The van der Waals surface area contributed by atoms with Crippen molar-refractivity contribution < 1.29 is 9.90 Å². The standard InChI is InChI=1S/C12H22N4O2/c1-9-7-10(15-16(9)4)14-11(18)13-8-12(2,3)5-6-17/h7,17H,5-6,8H2,1-4H3,(H2,13,14,15,18). The van der Waals surface area contributed by atoms with E-state index in [1.807, 2.05) is 27.8 Å². The van der Waals surface area contributed by atoms with E-state index >= 15 is 0 Å². The summed E-state index contributed by atoms with van der Waals surface area (Å²) in [5, 5.41) is 18.5. The fraction of sp³-hybridized carbons (Fsp3) is 0.667. The van der Waals surface area contributed by atoms with E-state index in [1.54, 1.807) is 10.7 Å². The van der Waals surface area contributed by atoms with E-state index in [0.29, 0.717) is 18.8 Å². The molecule has 0 radical (unpaired) electrons.